The van der Waals surface area contributed by atoms with Crippen LogP contribution in [0.4, 0.5) is 0 Å². The van der Waals surface area contributed by atoms with Gasteiger partial charge in [-0.25, -0.2) is 4.79 Å². The highest BCUT2D eigenvalue weighted by Gasteiger charge is 2.40. The number of hydrogen-bond acceptors (Lipinski definition) is 6. The number of thioether (sulfide) groups is 2. The van der Waals surface area contributed by atoms with E-state index in [4.69, 9.17) is 16.6 Å². The van der Waals surface area contributed by atoms with Crippen LogP contribution < -0.4 is 0 Å². The normalized spacial score (nSPS) is 16.7. The van der Waals surface area contributed by atoms with Crippen LogP contribution in [0.3, 0.4) is 0 Å². The molecule has 1 fully saturated rings. The van der Waals surface area contributed by atoms with Crippen molar-refractivity contribution in [3.05, 3.63) is 52.6 Å². The van der Waals surface area contributed by atoms with Gasteiger partial charge in [-0.3, -0.25) is 9.69 Å². The van der Waals surface area contributed by atoms with Gasteiger partial charge in [0.2, 0.25) is 0 Å². The molecule has 1 aromatic heterocycles. The van der Waals surface area contributed by atoms with Crippen LogP contribution >= 0.6 is 35.7 Å². The lowest BCUT2D eigenvalue weighted by molar-refractivity contribution is -0.145. The first-order chi connectivity index (χ1) is 14.3. The zero-order valence-corrected chi connectivity index (χ0v) is 19.4. The van der Waals surface area contributed by atoms with E-state index < -0.39 is 17.9 Å². The molecule has 1 atom stereocenters. The van der Waals surface area contributed by atoms with Gasteiger partial charge in [0.1, 0.15) is 21.9 Å². The summed E-state index contributed by atoms with van der Waals surface area (Å²) in [5.41, 5.74) is 2.21. The SMILES string of the molecule is CSCC[C@@H](C(=O)O)N1C(=O)/C(=C\c2ccc(-c3ccc(C(C)C)cc3)o2)SC1=S. The number of hydrogen-bond donors (Lipinski definition) is 1. The second kappa shape index (κ2) is 9.85. The molecule has 0 aliphatic carbocycles. The summed E-state index contributed by atoms with van der Waals surface area (Å²) in [5, 5.41) is 9.54. The molecule has 3 rings (SSSR count). The van der Waals surface area contributed by atoms with Crippen molar-refractivity contribution >= 4 is 58.0 Å². The van der Waals surface area contributed by atoms with Crippen molar-refractivity contribution < 1.29 is 19.1 Å². The quantitative estimate of drug-likeness (QED) is 0.412. The Bertz CT molecular complexity index is 979. The van der Waals surface area contributed by atoms with Crippen LogP contribution in [0.5, 0.6) is 0 Å². The van der Waals surface area contributed by atoms with Crippen molar-refractivity contribution in [1.29, 1.82) is 0 Å². The number of amides is 1. The van der Waals surface area contributed by atoms with Crippen LogP contribution in [-0.2, 0) is 9.59 Å². The molecule has 1 N–H and O–H groups in total. The van der Waals surface area contributed by atoms with Gasteiger partial charge in [-0.05, 0) is 42.0 Å². The zero-order valence-electron chi connectivity index (χ0n) is 17.0. The summed E-state index contributed by atoms with van der Waals surface area (Å²) in [7, 11) is 0. The molecule has 1 aliphatic heterocycles. The van der Waals surface area contributed by atoms with E-state index in [1.54, 1.807) is 12.1 Å². The summed E-state index contributed by atoms with van der Waals surface area (Å²) in [6, 6.07) is 10.9. The monoisotopic (exact) mass is 461 g/mol. The Morgan fingerprint density at radius 3 is 2.57 bits per heavy atom. The topological polar surface area (TPSA) is 70.8 Å². The van der Waals surface area contributed by atoms with Gasteiger partial charge in [0.15, 0.2) is 0 Å². The molecule has 30 heavy (non-hydrogen) atoms. The van der Waals surface area contributed by atoms with E-state index >= 15 is 0 Å². The molecule has 0 unspecified atom stereocenters. The molecular formula is C22H23NO4S3. The largest absolute Gasteiger partial charge is 0.480 e. The molecule has 2 aromatic rings. The fraction of sp³-hybridized carbons (Fsp3) is 0.318. The first kappa shape index (κ1) is 22.7. The van der Waals surface area contributed by atoms with Gasteiger partial charge in [-0.15, -0.1) is 0 Å². The highest BCUT2D eigenvalue weighted by molar-refractivity contribution is 8.26. The predicted octanol–water partition coefficient (Wildman–Crippen LogP) is 5.48. The molecule has 2 heterocycles. The van der Waals surface area contributed by atoms with Crippen molar-refractivity contribution in [3.63, 3.8) is 0 Å². The van der Waals surface area contributed by atoms with Crippen molar-refractivity contribution in [2.45, 2.75) is 32.2 Å². The van der Waals surface area contributed by atoms with E-state index in [0.717, 1.165) is 17.3 Å². The van der Waals surface area contributed by atoms with E-state index in [1.807, 2.05) is 24.5 Å². The standard InChI is InChI=1S/C22H23NO4S3/c1-13(2)14-4-6-15(7-5-14)18-9-8-16(27-18)12-19-20(24)23(22(28)30-19)17(21(25)26)10-11-29-3/h4-9,12-13,17H,10-11H2,1-3H3,(H,25,26)/b19-12+/t17-/m0/s1. The number of benzene rings is 1. The maximum Gasteiger partial charge on any atom is 0.326 e. The molecule has 0 radical (unpaired) electrons. The number of carbonyl (C=O) groups is 2. The summed E-state index contributed by atoms with van der Waals surface area (Å²) in [5.74, 6) is 0.873. The fourth-order valence-corrected chi connectivity index (χ4v) is 4.88. The fourth-order valence-electron chi connectivity index (χ4n) is 3.09. The predicted molar refractivity (Wildman–Crippen MR) is 128 cm³/mol. The maximum absolute atomic E-state index is 12.8. The van der Waals surface area contributed by atoms with Crippen molar-refractivity contribution in [2.24, 2.45) is 0 Å². The Labute approximate surface area is 189 Å². The van der Waals surface area contributed by atoms with E-state index in [2.05, 4.69) is 26.0 Å². The summed E-state index contributed by atoms with van der Waals surface area (Å²) >= 11 is 7.94. The van der Waals surface area contributed by atoms with Crippen LogP contribution in [0.25, 0.3) is 17.4 Å². The maximum atomic E-state index is 12.8. The zero-order chi connectivity index (χ0) is 21.8. The summed E-state index contributed by atoms with van der Waals surface area (Å²) in [6.07, 6.45) is 3.86. The molecule has 0 saturated carbocycles. The molecule has 8 heteroatoms. The summed E-state index contributed by atoms with van der Waals surface area (Å²) in [4.78, 5) is 26.1. The number of thiocarbonyl (C=S) groups is 1. The van der Waals surface area contributed by atoms with Crippen molar-refractivity contribution in [1.82, 2.24) is 4.90 Å². The molecule has 1 amide bonds. The Morgan fingerprint density at radius 2 is 1.97 bits per heavy atom. The number of rotatable bonds is 8. The number of carboxylic acids is 1. The van der Waals surface area contributed by atoms with E-state index in [-0.39, 0.29) is 4.32 Å². The van der Waals surface area contributed by atoms with Gasteiger partial charge in [0.05, 0.1) is 4.91 Å². The molecule has 158 valence electrons. The molecule has 1 aliphatic rings. The van der Waals surface area contributed by atoms with Crippen molar-refractivity contribution in [2.75, 3.05) is 12.0 Å². The highest BCUT2D eigenvalue weighted by atomic mass is 32.2. The molecule has 5 nitrogen and oxygen atoms in total. The number of carboxylic acid groups (broad SMARTS) is 1. The highest BCUT2D eigenvalue weighted by Crippen LogP contribution is 2.35. The third-order valence-corrected chi connectivity index (χ3v) is 6.75. The first-order valence-corrected chi connectivity index (χ1v) is 12.1. The lowest BCUT2D eigenvalue weighted by Gasteiger charge is -2.22. The van der Waals surface area contributed by atoms with Crippen LogP contribution in [0.15, 0.2) is 45.7 Å². The number of nitrogens with zero attached hydrogens (tertiary/aromatic N) is 1. The van der Waals surface area contributed by atoms with Gasteiger partial charge in [-0.2, -0.15) is 11.8 Å². The summed E-state index contributed by atoms with van der Waals surface area (Å²) < 4.78 is 6.16. The minimum atomic E-state index is -1.05. The molecule has 1 saturated heterocycles. The Kier molecular flexibility index (Phi) is 7.44. The molecule has 1 aromatic carbocycles. The molecular weight excluding hydrogens is 438 g/mol. The third-order valence-electron chi connectivity index (χ3n) is 4.78. The van der Waals surface area contributed by atoms with Crippen molar-refractivity contribution in [3.8, 4) is 11.3 Å². The first-order valence-electron chi connectivity index (χ1n) is 9.50. The molecule has 0 spiro atoms. The van der Waals surface area contributed by atoms with Gasteiger partial charge in [0.25, 0.3) is 5.91 Å². The van der Waals surface area contributed by atoms with Crippen LogP contribution in [0.1, 0.15) is 37.5 Å². The molecule has 0 bridgehead atoms. The van der Waals surface area contributed by atoms with E-state index in [1.165, 1.54) is 22.2 Å². The van der Waals surface area contributed by atoms with Gasteiger partial charge < -0.3 is 9.52 Å². The number of aliphatic carboxylic acids is 1. The third kappa shape index (κ3) is 4.99. The number of furan rings is 1. The average Bonchev–Trinajstić information content (AvgIpc) is 3.28. The second-order valence-corrected chi connectivity index (χ2v) is 9.83. The lowest BCUT2D eigenvalue weighted by atomic mass is 10.0. The Balaban J connectivity index is 1.80. The van der Waals surface area contributed by atoms with E-state index in [0.29, 0.717) is 34.5 Å². The van der Waals surface area contributed by atoms with Gasteiger partial charge in [0, 0.05) is 11.6 Å². The summed E-state index contributed by atoms with van der Waals surface area (Å²) in [6.45, 7) is 4.29. The Hall–Kier alpha value is -2.03. The second-order valence-electron chi connectivity index (χ2n) is 7.17. The Morgan fingerprint density at radius 1 is 1.27 bits per heavy atom. The van der Waals surface area contributed by atoms with Crippen LogP contribution in [0.2, 0.25) is 0 Å². The van der Waals surface area contributed by atoms with Gasteiger partial charge >= 0.3 is 5.97 Å². The average molecular weight is 462 g/mol. The van der Waals surface area contributed by atoms with Gasteiger partial charge in [-0.1, -0.05) is 62.1 Å². The van der Waals surface area contributed by atoms with Crippen LogP contribution in [-0.4, -0.2) is 44.3 Å². The minimum absolute atomic E-state index is 0.260. The number of carbonyl (C=O) groups excluding carboxylic acids is 1. The lowest BCUT2D eigenvalue weighted by Crippen LogP contribution is -2.44. The minimum Gasteiger partial charge on any atom is -0.480 e. The van der Waals surface area contributed by atoms with Crippen LogP contribution in [0, 0.1) is 0 Å². The van der Waals surface area contributed by atoms with E-state index in [9.17, 15) is 14.7 Å². The smallest absolute Gasteiger partial charge is 0.326 e.